The molecule has 22 heavy (non-hydrogen) atoms. The maximum atomic E-state index is 12.3. The van der Waals surface area contributed by atoms with Crippen molar-refractivity contribution in [2.24, 2.45) is 10.9 Å². The summed E-state index contributed by atoms with van der Waals surface area (Å²) in [6.45, 7) is 0.940. The van der Waals surface area contributed by atoms with Gasteiger partial charge in [0.1, 0.15) is 0 Å². The molecule has 1 saturated heterocycles. The summed E-state index contributed by atoms with van der Waals surface area (Å²) < 4.78 is 4.58. The Bertz CT molecular complexity index is 544. The molecular weight excluding hydrogens is 306 g/mol. The van der Waals surface area contributed by atoms with Crippen LogP contribution in [0.25, 0.3) is 0 Å². The Morgan fingerprint density at radius 2 is 2.41 bits per heavy atom. The molecule has 1 amide bonds. The zero-order valence-corrected chi connectivity index (χ0v) is 13.2. The molecule has 2 rings (SSSR count). The number of likely N-dealkylation sites (tertiary alicyclic amines) is 1. The minimum absolute atomic E-state index is 0.169. The van der Waals surface area contributed by atoms with Crippen molar-refractivity contribution in [3.8, 4) is 0 Å². The lowest BCUT2D eigenvalue weighted by atomic mass is 10.1. The van der Waals surface area contributed by atoms with Crippen LogP contribution in [-0.2, 0) is 19.2 Å². The number of carbonyl (C=O) groups is 2. The lowest BCUT2D eigenvalue weighted by Crippen LogP contribution is -2.45. The Balaban J connectivity index is 1.90. The highest BCUT2D eigenvalue weighted by atomic mass is 32.1. The normalized spacial score (nSPS) is 19.1. The van der Waals surface area contributed by atoms with E-state index in [2.05, 4.69) is 9.89 Å². The number of amides is 1. The lowest BCUT2D eigenvalue weighted by molar-refractivity contribution is -0.149. The molecule has 120 valence electrons. The van der Waals surface area contributed by atoms with Crippen molar-refractivity contribution >= 4 is 29.0 Å². The number of amidine groups is 1. The third-order valence-corrected chi connectivity index (χ3v) is 4.24. The molecule has 1 unspecified atom stereocenters. The molecule has 0 saturated carbocycles. The standard InChI is InChI=1S/C14H19N3O4S/c1-20-12(18)6-8-17-7-2-4-10(14(17)19)21-16-13(15)11-5-3-9-22-11/h3,5,9-10H,2,4,6-8H2,1H3,(H2,15,16). The predicted octanol–water partition coefficient (Wildman–Crippen LogP) is 0.939. The van der Waals surface area contributed by atoms with Crippen molar-refractivity contribution in [2.45, 2.75) is 25.4 Å². The topological polar surface area (TPSA) is 94.2 Å². The molecule has 1 atom stereocenters. The number of carbonyl (C=O) groups excluding carboxylic acids is 2. The minimum atomic E-state index is -0.648. The number of rotatable bonds is 6. The van der Waals surface area contributed by atoms with Crippen LogP contribution < -0.4 is 5.73 Å². The first-order valence-electron chi connectivity index (χ1n) is 7.00. The molecule has 0 aliphatic carbocycles. The molecule has 1 aromatic rings. The van der Waals surface area contributed by atoms with Crippen molar-refractivity contribution in [1.29, 1.82) is 0 Å². The van der Waals surface area contributed by atoms with Crippen LogP contribution in [0, 0.1) is 0 Å². The van der Waals surface area contributed by atoms with Crippen LogP contribution >= 0.6 is 11.3 Å². The molecule has 1 fully saturated rings. The second-order valence-electron chi connectivity index (χ2n) is 4.84. The Kier molecular flexibility index (Phi) is 5.76. The van der Waals surface area contributed by atoms with Crippen molar-refractivity contribution in [3.05, 3.63) is 22.4 Å². The number of methoxy groups -OCH3 is 1. The fraction of sp³-hybridized carbons (Fsp3) is 0.500. The number of thiophene rings is 1. The minimum Gasteiger partial charge on any atom is -0.469 e. The molecule has 8 heteroatoms. The Labute approximate surface area is 132 Å². The fourth-order valence-corrected chi connectivity index (χ4v) is 2.76. The molecule has 1 aliphatic rings. The number of piperidine rings is 1. The van der Waals surface area contributed by atoms with Gasteiger partial charge in [-0.05, 0) is 24.3 Å². The van der Waals surface area contributed by atoms with E-state index in [1.807, 2.05) is 17.5 Å². The number of esters is 1. The number of nitrogens with zero attached hydrogens (tertiary/aromatic N) is 2. The fourth-order valence-electron chi connectivity index (χ4n) is 2.14. The summed E-state index contributed by atoms with van der Waals surface area (Å²) in [6, 6.07) is 3.70. The second kappa shape index (κ2) is 7.79. The number of oxime groups is 1. The third kappa shape index (κ3) is 4.20. The van der Waals surface area contributed by atoms with E-state index in [0.717, 1.165) is 11.3 Å². The van der Waals surface area contributed by atoms with Crippen LogP contribution in [0.2, 0.25) is 0 Å². The number of hydrogen-bond donors (Lipinski definition) is 1. The van der Waals surface area contributed by atoms with Crippen molar-refractivity contribution in [3.63, 3.8) is 0 Å². The molecule has 1 aromatic heterocycles. The molecule has 0 radical (unpaired) electrons. The van der Waals surface area contributed by atoms with Crippen LogP contribution in [-0.4, -0.2) is 48.9 Å². The van der Waals surface area contributed by atoms with Crippen molar-refractivity contribution < 1.29 is 19.2 Å². The molecule has 0 spiro atoms. The smallest absolute Gasteiger partial charge is 0.307 e. The summed E-state index contributed by atoms with van der Waals surface area (Å²) in [5.74, 6) is -0.247. The van der Waals surface area contributed by atoms with Gasteiger partial charge >= 0.3 is 5.97 Å². The highest BCUT2D eigenvalue weighted by Gasteiger charge is 2.30. The van der Waals surface area contributed by atoms with Gasteiger partial charge in [-0.25, -0.2) is 0 Å². The first-order valence-corrected chi connectivity index (χ1v) is 7.88. The highest BCUT2D eigenvalue weighted by Crippen LogP contribution is 2.16. The van der Waals surface area contributed by atoms with Gasteiger partial charge in [-0.3, -0.25) is 9.59 Å². The van der Waals surface area contributed by atoms with Crippen LogP contribution in [0.3, 0.4) is 0 Å². The average Bonchev–Trinajstić information content (AvgIpc) is 3.06. The van der Waals surface area contributed by atoms with E-state index in [1.165, 1.54) is 18.4 Å². The maximum absolute atomic E-state index is 12.3. The molecule has 2 heterocycles. The summed E-state index contributed by atoms with van der Waals surface area (Å²) >= 11 is 1.45. The molecular formula is C14H19N3O4S. The molecule has 0 bridgehead atoms. The van der Waals surface area contributed by atoms with Crippen LogP contribution in [0.4, 0.5) is 0 Å². The summed E-state index contributed by atoms with van der Waals surface area (Å²) in [5.41, 5.74) is 5.80. The van der Waals surface area contributed by atoms with Gasteiger partial charge in [0.15, 0.2) is 5.84 Å². The largest absolute Gasteiger partial charge is 0.469 e. The SMILES string of the molecule is COC(=O)CCN1CCCC(O/N=C(\N)c2cccs2)C1=O. The first kappa shape index (κ1) is 16.3. The zero-order valence-electron chi connectivity index (χ0n) is 12.4. The summed E-state index contributed by atoms with van der Waals surface area (Å²) in [5, 5.41) is 5.74. The van der Waals surface area contributed by atoms with E-state index in [1.54, 1.807) is 4.90 Å². The Hall–Kier alpha value is -2.09. The third-order valence-electron chi connectivity index (χ3n) is 3.35. The molecule has 7 nitrogen and oxygen atoms in total. The summed E-state index contributed by atoms with van der Waals surface area (Å²) in [6.07, 6.45) is 0.918. The first-order chi connectivity index (χ1) is 10.6. The quantitative estimate of drug-likeness (QED) is 0.363. The van der Waals surface area contributed by atoms with Gasteiger partial charge in [-0.15, -0.1) is 11.3 Å². The Morgan fingerprint density at radius 3 is 3.09 bits per heavy atom. The number of ether oxygens (including phenoxy) is 1. The van der Waals surface area contributed by atoms with E-state index in [9.17, 15) is 9.59 Å². The van der Waals surface area contributed by atoms with Gasteiger partial charge in [0.05, 0.1) is 18.4 Å². The van der Waals surface area contributed by atoms with Crippen molar-refractivity contribution in [1.82, 2.24) is 4.90 Å². The van der Waals surface area contributed by atoms with Gasteiger partial charge < -0.3 is 20.2 Å². The van der Waals surface area contributed by atoms with E-state index in [0.29, 0.717) is 19.5 Å². The van der Waals surface area contributed by atoms with E-state index < -0.39 is 6.10 Å². The van der Waals surface area contributed by atoms with Crippen LogP contribution in [0.15, 0.2) is 22.7 Å². The van der Waals surface area contributed by atoms with Crippen LogP contribution in [0.1, 0.15) is 24.1 Å². The van der Waals surface area contributed by atoms with Gasteiger partial charge in [0.2, 0.25) is 6.10 Å². The number of hydrogen-bond acceptors (Lipinski definition) is 6. The highest BCUT2D eigenvalue weighted by molar-refractivity contribution is 7.12. The monoisotopic (exact) mass is 325 g/mol. The van der Waals surface area contributed by atoms with Gasteiger partial charge in [-0.2, -0.15) is 0 Å². The summed E-state index contributed by atoms with van der Waals surface area (Å²) in [4.78, 5) is 31.1. The van der Waals surface area contributed by atoms with E-state index in [4.69, 9.17) is 10.6 Å². The number of nitrogens with two attached hydrogens (primary N) is 1. The zero-order chi connectivity index (χ0) is 15.9. The van der Waals surface area contributed by atoms with Crippen molar-refractivity contribution in [2.75, 3.05) is 20.2 Å². The van der Waals surface area contributed by atoms with Crippen LogP contribution in [0.5, 0.6) is 0 Å². The van der Waals surface area contributed by atoms with Gasteiger partial charge in [0, 0.05) is 13.1 Å². The Morgan fingerprint density at radius 1 is 1.59 bits per heavy atom. The molecule has 0 aromatic carbocycles. The second-order valence-corrected chi connectivity index (χ2v) is 5.79. The predicted molar refractivity (Wildman–Crippen MR) is 82.4 cm³/mol. The molecule has 1 aliphatic heterocycles. The van der Waals surface area contributed by atoms with Gasteiger partial charge in [0.25, 0.3) is 5.91 Å². The van der Waals surface area contributed by atoms with E-state index in [-0.39, 0.29) is 24.1 Å². The average molecular weight is 325 g/mol. The lowest BCUT2D eigenvalue weighted by Gasteiger charge is -2.30. The van der Waals surface area contributed by atoms with Gasteiger partial charge in [-0.1, -0.05) is 11.2 Å². The maximum Gasteiger partial charge on any atom is 0.307 e. The summed E-state index contributed by atoms with van der Waals surface area (Å²) in [7, 11) is 1.33. The molecule has 2 N–H and O–H groups in total. The van der Waals surface area contributed by atoms with E-state index >= 15 is 0 Å².